The molecule has 4 bridgehead atoms. The van der Waals surface area contributed by atoms with Crippen LogP contribution in [0.5, 0.6) is 11.5 Å². The summed E-state index contributed by atoms with van der Waals surface area (Å²) in [5, 5.41) is 5.82. The minimum Gasteiger partial charge on any atom is -0.497 e. The maximum atomic E-state index is 12.8. The van der Waals surface area contributed by atoms with Gasteiger partial charge in [0, 0.05) is 17.2 Å². The molecule has 170 valence electrons. The Kier molecular flexibility index (Phi) is 6.15. The highest BCUT2D eigenvalue weighted by Crippen LogP contribution is 2.55. The van der Waals surface area contributed by atoms with Crippen molar-refractivity contribution in [2.75, 3.05) is 21.3 Å². The van der Waals surface area contributed by atoms with Crippen LogP contribution in [0.25, 0.3) is 0 Å². The van der Waals surface area contributed by atoms with Crippen molar-refractivity contribution in [1.29, 1.82) is 0 Å². The molecule has 1 unspecified atom stereocenters. The van der Waals surface area contributed by atoms with E-state index in [1.54, 1.807) is 14.2 Å². The second kappa shape index (κ2) is 8.69. The molecule has 0 aliphatic heterocycles. The molecule has 1 aromatic carbocycles. The third-order valence-electron chi connectivity index (χ3n) is 7.75. The quantitative estimate of drug-likeness (QED) is 0.617. The normalized spacial score (nSPS) is 30.4. The lowest BCUT2D eigenvalue weighted by atomic mass is 9.53. The molecule has 4 saturated carbocycles. The van der Waals surface area contributed by atoms with E-state index in [4.69, 9.17) is 9.47 Å². The Hall–Kier alpha value is -2.28. The standard InChI is InChI=1S/C24H35N3O4/c1-15(27(2)14-19-5-6-20(30-3)10-21(19)31-4)22(28)25-23(29)26-24-11-16-7-17(12-24)9-18(8-16)13-24/h5-6,10,15-18H,7-9,11-14H2,1-4H3,(H2,25,26,28,29)/p+1/t15-,16?,17?,18?,24?/m1/s1. The number of rotatable bonds is 7. The molecule has 5 rings (SSSR count). The van der Waals surface area contributed by atoms with Gasteiger partial charge in [-0.2, -0.15) is 0 Å². The van der Waals surface area contributed by atoms with Crippen LogP contribution < -0.4 is 25.0 Å². The average Bonchev–Trinajstić information content (AvgIpc) is 2.71. The number of carbonyl (C=O) groups excluding carboxylic acids is 2. The fourth-order valence-electron chi connectivity index (χ4n) is 6.43. The predicted molar refractivity (Wildman–Crippen MR) is 117 cm³/mol. The molecule has 3 N–H and O–H groups in total. The van der Waals surface area contributed by atoms with Crippen molar-refractivity contribution in [3.05, 3.63) is 23.8 Å². The molecule has 4 aliphatic carbocycles. The highest BCUT2D eigenvalue weighted by molar-refractivity contribution is 5.96. The van der Waals surface area contributed by atoms with E-state index < -0.39 is 0 Å². The number of carbonyl (C=O) groups is 2. The third-order valence-corrected chi connectivity index (χ3v) is 7.75. The number of likely N-dealkylation sites (N-methyl/N-ethyl adjacent to an activating group) is 1. The molecule has 31 heavy (non-hydrogen) atoms. The maximum absolute atomic E-state index is 12.8. The van der Waals surface area contributed by atoms with E-state index in [2.05, 4.69) is 10.6 Å². The molecular formula is C24H36N3O4+. The number of hydrogen-bond acceptors (Lipinski definition) is 4. The van der Waals surface area contributed by atoms with E-state index in [0.29, 0.717) is 6.54 Å². The molecule has 0 spiro atoms. The van der Waals surface area contributed by atoms with Crippen LogP contribution in [-0.2, 0) is 11.3 Å². The zero-order valence-corrected chi connectivity index (χ0v) is 19.1. The summed E-state index contributed by atoms with van der Waals surface area (Å²) in [7, 11) is 5.19. The minimum atomic E-state index is -0.381. The van der Waals surface area contributed by atoms with Crippen LogP contribution in [0.2, 0.25) is 0 Å². The first-order valence-electron chi connectivity index (χ1n) is 11.5. The Bertz CT molecular complexity index is 805. The number of urea groups is 1. The van der Waals surface area contributed by atoms with E-state index in [0.717, 1.165) is 59.0 Å². The van der Waals surface area contributed by atoms with Gasteiger partial charge in [0.2, 0.25) is 0 Å². The van der Waals surface area contributed by atoms with Gasteiger partial charge in [-0.3, -0.25) is 10.1 Å². The fraction of sp³-hybridized carbons (Fsp3) is 0.667. The summed E-state index contributed by atoms with van der Waals surface area (Å²) in [6.07, 6.45) is 7.17. The van der Waals surface area contributed by atoms with Gasteiger partial charge in [0.1, 0.15) is 18.0 Å². The lowest BCUT2D eigenvalue weighted by molar-refractivity contribution is -0.908. The lowest BCUT2D eigenvalue weighted by Gasteiger charge is -2.56. The number of hydrogen-bond donors (Lipinski definition) is 3. The molecule has 4 fully saturated rings. The van der Waals surface area contributed by atoms with Crippen LogP contribution in [-0.4, -0.2) is 44.8 Å². The molecule has 7 heteroatoms. The molecule has 4 aliphatic rings. The van der Waals surface area contributed by atoms with Crippen molar-refractivity contribution in [2.24, 2.45) is 17.8 Å². The summed E-state index contributed by atoms with van der Waals surface area (Å²) in [4.78, 5) is 26.5. The van der Waals surface area contributed by atoms with Crippen LogP contribution in [0.15, 0.2) is 18.2 Å². The van der Waals surface area contributed by atoms with Crippen molar-refractivity contribution in [3.8, 4) is 11.5 Å². The zero-order chi connectivity index (χ0) is 22.2. The number of amides is 3. The summed E-state index contributed by atoms with van der Waals surface area (Å²) < 4.78 is 10.7. The predicted octanol–water partition coefficient (Wildman–Crippen LogP) is 1.90. The number of imide groups is 1. The Labute approximate surface area is 184 Å². The molecule has 1 aromatic rings. The Morgan fingerprint density at radius 3 is 2.26 bits per heavy atom. The van der Waals surface area contributed by atoms with Crippen molar-refractivity contribution >= 4 is 11.9 Å². The first-order valence-corrected chi connectivity index (χ1v) is 11.5. The number of quaternary nitrogens is 1. The molecule has 0 saturated heterocycles. The van der Waals surface area contributed by atoms with Gasteiger partial charge in [-0.25, -0.2) is 4.79 Å². The minimum absolute atomic E-state index is 0.0996. The largest absolute Gasteiger partial charge is 0.497 e. The van der Waals surface area contributed by atoms with Crippen molar-refractivity contribution in [3.63, 3.8) is 0 Å². The van der Waals surface area contributed by atoms with Crippen molar-refractivity contribution in [2.45, 2.75) is 63.6 Å². The summed E-state index contributed by atoms with van der Waals surface area (Å²) in [6, 6.07) is 4.95. The first-order chi connectivity index (χ1) is 14.8. The van der Waals surface area contributed by atoms with E-state index in [-0.39, 0.29) is 23.5 Å². The Balaban J connectivity index is 1.32. The second-order valence-corrected chi connectivity index (χ2v) is 10.1. The molecule has 0 aromatic heterocycles. The van der Waals surface area contributed by atoms with E-state index in [9.17, 15) is 9.59 Å². The maximum Gasteiger partial charge on any atom is 0.322 e. The second-order valence-electron chi connectivity index (χ2n) is 10.1. The zero-order valence-electron chi connectivity index (χ0n) is 19.1. The first kappa shape index (κ1) is 21.9. The monoisotopic (exact) mass is 430 g/mol. The molecule has 0 heterocycles. The van der Waals surface area contributed by atoms with Crippen molar-refractivity contribution in [1.82, 2.24) is 10.6 Å². The van der Waals surface area contributed by atoms with Crippen LogP contribution in [0, 0.1) is 17.8 Å². The van der Waals surface area contributed by atoms with Gasteiger partial charge in [-0.15, -0.1) is 0 Å². The van der Waals surface area contributed by atoms with Gasteiger partial charge in [0.15, 0.2) is 6.04 Å². The topological polar surface area (TPSA) is 81.1 Å². The van der Waals surface area contributed by atoms with Crippen LogP contribution in [0.4, 0.5) is 4.79 Å². The lowest BCUT2D eigenvalue weighted by Crippen LogP contribution is -3.12. The summed E-state index contributed by atoms with van der Waals surface area (Å²) in [5.41, 5.74) is 0.885. The summed E-state index contributed by atoms with van der Waals surface area (Å²) in [5.74, 6) is 3.44. The van der Waals surface area contributed by atoms with Crippen LogP contribution >= 0.6 is 0 Å². The molecule has 0 radical (unpaired) electrons. The third kappa shape index (κ3) is 4.66. The molecule has 3 amide bonds. The summed E-state index contributed by atoms with van der Waals surface area (Å²) >= 11 is 0. The highest BCUT2D eigenvalue weighted by Gasteiger charge is 2.51. The number of ether oxygens (including phenoxy) is 2. The van der Waals surface area contributed by atoms with Crippen molar-refractivity contribution < 1.29 is 24.0 Å². The molecule has 2 atom stereocenters. The summed E-state index contributed by atoms with van der Waals surface area (Å²) in [6.45, 7) is 2.44. The SMILES string of the molecule is COc1ccc(C[NH+](C)[C@H](C)C(=O)NC(=O)NC23CC4CC(CC(C4)C2)C3)c(OC)c1. The fourth-order valence-corrected chi connectivity index (χ4v) is 6.43. The molecule has 7 nitrogen and oxygen atoms in total. The van der Waals surface area contributed by atoms with Gasteiger partial charge in [0.05, 0.1) is 21.3 Å². The number of methoxy groups -OCH3 is 2. The average molecular weight is 431 g/mol. The Morgan fingerprint density at radius 2 is 1.71 bits per heavy atom. The Morgan fingerprint density at radius 1 is 1.10 bits per heavy atom. The number of nitrogens with one attached hydrogen (secondary N) is 3. The highest BCUT2D eigenvalue weighted by atomic mass is 16.5. The van der Waals surface area contributed by atoms with Gasteiger partial charge < -0.3 is 19.7 Å². The van der Waals surface area contributed by atoms with E-state index >= 15 is 0 Å². The van der Waals surface area contributed by atoms with Crippen LogP contribution in [0.1, 0.15) is 51.0 Å². The van der Waals surface area contributed by atoms with E-state index in [1.807, 2.05) is 32.2 Å². The number of benzene rings is 1. The van der Waals surface area contributed by atoms with Crippen LogP contribution in [0.3, 0.4) is 0 Å². The molecular weight excluding hydrogens is 394 g/mol. The van der Waals surface area contributed by atoms with E-state index in [1.165, 1.54) is 19.3 Å². The van der Waals surface area contributed by atoms with Gasteiger partial charge >= 0.3 is 6.03 Å². The van der Waals surface area contributed by atoms with Gasteiger partial charge in [-0.1, -0.05) is 0 Å². The smallest absolute Gasteiger partial charge is 0.322 e. The van der Waals surface area contributed by atoms with Gasteiger partial charge in [0.25, 0.3) is 5.91 Å². The van der Waals surface area contributed by atoms with Gasteiger partial charge in [-0.05, 0) is 75.3 Å².